The van der Waals surface area contributed by atoms with Gasteiger partial charge in [0.1, 0.15) is 6.04 Å². The minimum absolute atomic E-state index is 0.179. The molecule has 166 valence electrons. The Morgan fingerprint density at radius 3 is 2.03 bits per heavy atom. The molecule has 0 aliphatic carbocycles. The number of ether oxygens (including phenoxy) is 3. The third kappa shape index (κ3) is 5.69. The average molecular weight is 447 g/mol. The van der Waals surface area contributed by atoms with E-state index in [-0.39, 0.29) is 16.6 Å². The molecule has 0 aliphatic rings. The Hall–Kier alpha value is -3.20. The summed E-state index contributed by atoms with van der Waals surface area (Å²) in [4.78, 5) is 37.8. The number of nitrogens with two attached hydrogens (primary N) is 1. The van der Waals surface area contributed by atoms with Gasteiger partial charge in [-0.2, -0.15) is 0 Å². The molecular weight excluding hydrogens is 420 g/mol. The number of amides is 2. The van der Waals surface area contributed by atoms with E-state index in [9.17, 15) is 14.4 Å². The van der Waals surface area contributed by atoms with Crippen LogP contribution in [0.25, 0.3) is 0 Å². The average Bonchev–Trinajstić information content (AvgIpc) is 2.75. The van der Waals surface area contributed by atoms with Crippen LogP contribution in [0, 0.1) is 5.92 Å². The van der Waals surface area contributed by atoms with E-state index in [1.54, 1.807) is 50.2 Å². The van der Waals surface area contributed by atoms with Crippen LogP contribution in [0.3, 0.4) is 0 Å². The molecule has 0 bridgehead atoms. The maximum absolute atomic E-state index is 13.0. The van der Waals surface area contributed by atoms with Crippen molar-refractivity contribution in [1.29, 1.82) is 0 Å². The second-order valence-corrected chi connectivity index (χ2v) is 7.91. The monoisotopic (exact) mass is 446 g/mol. The molecule has 1 atom stereocenters. The van der Waals surface area contributed by atoms with Crippen molar-refractivity contribution in [3.05, 3.63) is 47.5 Å². The van der Waals surface area contributed by atoms with E-state index in [2.05, 4.69) is 5.32 Å². The second kappa shape index (κ2) is 10.7. The van der Waals surface area contributed by atoms with Crippen molar-refractivity contribution >= 4 is 28.7 Å². The summed E-state index contributed by atoms with van der Waals surface area (Å²) in [5.74, 6) is -0.226. The summed E-state index contributed by atoms with van der Waals surface area (Å²) in [6.07, 6.45) is 0. The summed E-state index contributed by atoms with van der Waals surface area (Å²) in [6, 6.07) is 8.90. The van der Waals surface area contributed by atoms with Gasteiger partial charge in [0.05, 0.1) is 26.9 Å². The Morgan fingerprint density at radius 1 is 0.968 bits per heavy atom. The third-order valence-corrected chi connectivity index (χ3v) is 5.49. The van der Waals surface area contributed by atoms with Crippen molar-refractivity contribution in [3.63, 3.8) is 0 Å². The van der Waals surface area contributed by atoms with Crippen LogP contribution in [0.5, 0.6) is 17.2 Å². The molecule has 0 aliphatic heterocycles. The van der Waals surface area contributed by atoms with Crippen LogP contribution in [0.4, 0.5) is 0 Å². The lowest BCUT2D eigenvalue weighted by Gasteiger charge is -2.19. The quantitative estimate of drug-likeness (QED) is 0.569. The van der Waals surface area contributed by atoms with Crippen molar-refractivity contribution < 1.29 is 28.6 Å². The highest BCUT2D eigenvalue weighted by atomic mass is 32.2. The molecule has 0 aromatic heterocycles. The number of carbonyl (C=O) groups is 3. The van der Waals surface area contributed by atoms with Crippen LogP contribution in [0.15, 0.2) is 41.3 Å². The van der Waals surface area contributed by atoms with E-state index in [0.717, 1.165) is 11.8 Å². The zero-order chi connectivity index (χ0) is 23.1. The van der Waals surface area contributed by atoms with E-state index in [1.807, 2.05) is 0 Å². The molecule has 0 spiro atoms. The van der Waals surface area contributed by atoms with Crippen molar-refractivity contribution in [2.24, 2.45) is 11.7 Å². The number of primary amides is 1. The van der Waals surface area contributed by atoms with Gasteiger partial charge in [0, 0.05) is 10.5 Å². The molecule has 8 nitrogen and oxygen atoms in total. The van der Waals surface area contributed by atoms with Crippen LogP contribution in [-0.2, 0) is 4.79 Å². The predicted molar refractivity (Wildman–Crippen MR) is 118 cm³/mol. The summed E-state index contributed by atoms with van der Waals surface area (Å²) in [6.45, 7) is 3.56. The first kappa shape index (κ1) is 24.1. The number of nitrogens with one attached hydrogen (secondary N) is 1. The maximum atomic E-state index is 13.0. The Balaban J connectivity index is 2.33. The molecule has 0 heterocycles. The van der Waals surface area contributed by atoms with Crippen LogP contribution >= 0.6 is 11.8 Å². The Kier molecular flexibility index (Phi) is 8.32. The molecule has 2 rings (SSSR count). The fourth-order valence-electron chi connectivity index (χ4n) is 2.89. The molecule has 2 amide bonds. The van der Waals surface area contributed by atoms with Gasteiger partial charge in [-0.15, -0.1) is 0 Å². The molecule has 2 aromatic rings. The lowest BCUT2D eigenvalue weighted by molar-refractivity contribution is -0.120. The first-order chi connectivity index (χ1) is 14.7. The highest BCUT2D eigenvalue weighted by Crippen LogP contribution is 2.39. The predicted octanol–water partition coefficient (Wildman–Crippen LogP) is 2.88. The first-order valence-electron chi connectivity index (χ1n) is 9.44. The SMILES string of the molecule is COc1cc(C(=O)Sc2ccccc2C(=O)N[C@H](C(N)=O)C(C)C)cc(OC)c1OC. The number of thioether (sulfide) groups is 1. The third-order valence-electron chi connectivity index (χ3n) is 4.49. The molecular formula is C22H26N2O6S. The Labute approximate surface area is 185 Å². The van der Waals surface area contributed by atoms with Crippen molar-refractivity contribution in [3.8, 4) is 17.2 Å². The van der Waals surface area contributed by atoms with Gasteiger partial charge in [0.15, 0.2) is 11.5 Å². The van der Waals surface area contributed by atoms with Crippen molar-refractivity contribution in [2.45, 2.75) is 24.8 Å². The number of hydrogen-bond donors (Lipinski definition) is 2. The normalized spacial score (nSPS) is 11.5. The standard InChI is InChI=1S/C22H26N2O6S/c1-12(2)18(20(23)25)24-21(26)14-8-6-7-9-17(14)31-22(27)13-10-15(28-3)19(30-5)16(11-13)29-4/h6-12,18H,1-5H3,(H2,23,25)(H,24,26)/t18-/m0/s1. The van der Waals surface area contributed by atoms with Gasteiger partial charge in [-0.3, -0.25) is 14.4 Å². The van der Waals surface area contributed by atoms with Gasteiger partial charge in [-0.1, -0.05) is 26.0 Å². The van der Waals surface area contributed by atoms with E-state index in [1.165, 1.54) is 21.3 Å². The zero-order valence-electron chi connectivity index (χ0n) is 18.1. The number of carbonyl (C=O) groups excluding carboxylic acids is 3. The van der Waals surface area contributed by atoms with Crippen molar-refractivity contribution in [1.82, 2.24) is 5.32 Å². The highest BCUT2D eigenvalue weighted by Gasteiger charge is 2.25. The Bertz CT molecular complexity index is 951. The van der Waals surface area contributed by atoms with Crippen LogP contribution < -0.4 is 25.3 Å². The van der Waals surface area contributed by atoms with E-state index >= 15 is 0 Å². The second-order valence-electron chi connectivity index (χ2n) is 6.90. The van der Waals surface area contributed by atoms with Gasteiger partial charge in [0.2, 0.25) is 16.8 Å². The van der Waals surface area contributed by atoms with Gasteiger partial charge < -0.3 is 25.3 Å². The summed E-state index contributed by atoms with van der Waals surface area (Å²) >= 11 is 0.880. The molecule has 0 unspecified atom stereocenters. The number of rotatable bonds is 9. The van der Waals surface area contributed by atoms with Gasteiger partial charge in [-0.25, -0.2) is 0 Å². The van der Waals surface area contributed by atoms with Crippen molar-refractivity contribution in [2.75, 3.05) is 21.3 Å². The molecule has 0 radical (unpaired) electrons. The molecule has 0 saturated heterocycles. The smallest absolute Gasteiger partial charge is 0.253 e. The maximum Gasteiger partial charge on any atom is 0.253 e. The van der Waals surface area contributed by atoms with Crippen LogP contribution in [-0.4, -0.2) is 44.3 Å². The fraction of sp³-hybridized carbons (Fsp3) is 0.318. The fourth-order valence-corrected chi connectivity index (χ4v) is 3.74. The number of hydrogen-bond acceptors (Lipinski definition) is 7. The summed E-state index contributed by atoms with van der Waals surface area (Å²) in [7, 11) is 4.40. The van der Waals surface area contributed by atoms with E-state index in [0.29, 0.717) is 27.7 Å². The van der Waals surface area contributed by atoms with Crippen LogP contribution in [0.2, 0.25) is 0 Å². The molecule has 2 aromatic carbocycles. The molecule has 31 heavy (non-hydrogen) atoms. The summed E-state index contributed by atoms with van der Waals surface area (Å²) in [5, 5.41) is 2.32. The topological polar surface area (TPSA) is 117 Å². The first-order valence-corrected chi connectivity index (χ1v) is 10.3. The van der Waals surface area contributed by atoms with Gasteiger partial charge >= 0.3 is 0 Å². The number of methoxy groups -OCH3 is 3. The van der Waals surface area contributed by atoms with Gasteiger partial charge in [0.25, 0.3) is 5.91 Å². The van der Waals surface area contributed by atoms with E-state index in [4.69, 9.17) is 19.9 Å². The van der Waals surface area contributed by atoms with Crippen LogP contribution in [0.1, 0.15) is 34.6 Å². The number of benzene rings is 2. The zero-order valence-corrected chi connectivity index (χ0v) is 18.9. The molecule has 0 fully saturated rings. The lowest BCUT2D eigenvalue weighted by Crippen LogP contribution is -2.47. The van der Waals surface area contributed by atoms with E-state index < -0.39 is 17.9 Å². The minimum Gasteiger partial charge on any atom is -0.493 e. The lowest BCUT2D eigenvalue weighted by atomic mass is 10.0. The largest absolute Gasteiger partial charge is 0.493 e. The minimum atomic E-state index is -0.823. The Morgan fingerprint density at radius 2 is 1.55 bits per heavy atom. The summed E-state index contributed by atoms with van der Waals surface area (Å²) < 4.78 is 15.9. The van der Waals surface area contributed by atoms with Gasteiger partial charge in [-0.05, 0) is 41.9 Å². The molecule has 9 heteroatoms. The summed E-state index contributed by atoms with van der Waals surface area (Å²) in [5.41, 5.74) is 5.97. The molecule has 3 N–H and O–H groups in total. The highest BCUT2D eigenvalue weighted by molar-refractivity contribution is 8.14. The molecule has 0 saturated carbocycles.